The summed E-state index contributed by atoms with van der Waals surface area (Å²) in [7, 11) is -3.39. The van der Waals surface area contributed by atoms with Gasteiger partial charge >= 0.3 is 0 Å². The number of nitrogens with zero attached hydrogens (tertiary/aromatic N) is 1. The van der Waals surface area contributed by atoms with E-state index in [1.54, 1.807) is 4.90 Å². The number of carbonyl (C=O) groups is 1. The second-order valence-corrected chi connectivity index (χ2v) is 7.32. The molecule has 0 bridgehead atoms. The number of hydrogen-bond donors (Lipinski definition) is 1. The van der Waals surface area contributed by atoms with Crippen molar-refractivity contribution in [3.8, 4) is 0 Å². The van der Waals surface area contributed by atoms with Crippen LogP contribution in [0.5, 0.6) is 0 Å². The van der Waals surface area contributed by atoms with Gasteiger partial charge in [-0.25, -0.2) is 13.1 Å². The molecular weight excluding hydrogens is 268 g/mol. The van der Waals surface area contributed by atoms with Gasteiger partial charge in [0.15, 0.2) is 0 Å². The Bertz CT molecular complexity index is 408. The minimum absolute atomic E-state index is 0.00404. The van der Waals surface area contributed by atoms with Gasteiger partial charge < -0.3 is 9.64 Å². The van der Waals surface area contributed by atoms with E-state index in [0.29, 0.717) is 26.1 Å². The van der Waals surface area contributed by atoms with Gasteiger partial charge in [-0.2, -0.15) is 0 Å². The zero-order valence-electron chi connectivity index (χ0n) is 12.0. The molecule has 1 amide bonds. The summed E-state index contributed by atoms with van der Waals surface area (Å²) in [4.78, 5) is 14.1. The first-order chi connectivity index (χ1) is 8.69. The predicted octanol–water partition coefficient (Wildman–Crippen LogP) is 0.198. The van der Waals surface area contributed by atoms with Crippen LogP contribution in [-0.4, -0.2) is 57.3 Å². The first kappa shape index (κ1) is 16.4. The molecule has 1 aliphatic heterocycles. The molecule has 0 unspecified atom stereocenters. The van der Waals surface area contributed by atoms with E-state index in [4.69, 9.17) is 4.74 Å². The van der Waals surface area contributed by atoms with Crippen molar-refractivity contribution >= 4 is 15.9 Å². The van der Waals surface area contributed by atoms with Crippen molar-refractivity contribution in [3.05, 3.63) is 0 Å². The van der Waals surface area contributed by atoms with Crippen LogP contribution in [0.4, 0.5) is 0 Å². The summed E-state index contributed by atoms with van der Waals surface area (Å²) in [5, 5.41) is 0. The number of morpholine rings is 1. The van der Waals surface area contributed by atoms with Crippen molar-refractivity contribution in [1.82, 2.24) is 9.62 Å². The lowest BCUT2D eigenvalue weighted by Crippen LogP contribution is -2.53. The zero-order chi connectivity index (χ0) is 14.6. The van der Waals surface area contributed by atoms with E-state index in [9.17, 15) is 13.2 Å². The number of nitrogens with one attached hydrogen (secondary N) is 1. The van der Waals surface area contributed by atoms with Crippen LogP contribution >= 0.6 is 0 Å². The first-order valence-corrected chi connectivity index (χ1v) is 8.46. The average molecular weight is 292 g/mol. The lowest BCUT2D eigenvalue weighted by molar-refractivity contribution is -0.140. The van der Waals surface area contributed by atoms with Crippen molar-refractivity contribution in [2.75, 3.05) is 26.0 Å². The van der Waals surface area contributed by atoms with E-state index >= 15 is 0 Å². The number of rotatable bonds is 5. The highest BCUT2D eigenvalue weighted by atomic mass is 32.2. The Hall–Kier alpha value is -0.660. The Morgan fingerprint density at radius 3 is 2.58 bits per heavy atom. The Balaban J connectivity index is 2.75. The topological polar surface area (TPSA) is 75.7 Å². The molecule has 0 aliphatic carbocycles. The standard InChI is InChI=1S/C12H24N2O4S/c1-9(2)7-11(13-19(4,16)17)12(15)14-5-6-18-10(3)8-14/h9-11,13H,5-8H2,1-4H3/t10-,11-/m1/s1. The smallest absolute Gasteiger partial charge is 0.240 e. The lowest BCUT2D eigenvalue weighted by Gasteiger charge is -2.34. The van der Waals surface area contributed by atoms with E-state index in [2.05, 4.69) is 4.72 Å². The molecule has 0 aromatic carbocycles. The van der Waals surface area contributed by atoms with E-state index < -0.39 is 16.1 Å². The molecule has 0 radical (unpaired) electrons. The molecule has 1 fully saturated rings. The van der Waals surface area contributed by atoms with Gasteiger partial charge in [0.1, 0.15) is 6.04 Å². The van der Waals surface area contributed by atoms with Gasteiger partial charge in [0.2, 0.25) is 15.9 Å². The van der Waals surface area contributed by atoms with Gasteiger partial charge in [-0.15, -0.1) is 0 Å². The normalized spacial score (nSPS) is 22.6. The summed E-state index contributed by atoms with van der Waals surface area (Å²) >= 11 is 0. The van der Waals surface area contributed by atoms with Gasteiger partial charge in [0, 0.05) is 13.1 Å². The molecule has 0 aromatic heterocycles. The number of carbonyl (C=O) groups excluding carboxylic acids is 1. The van der Waals surface area contributed by atoms with Crippen LogP contribution in [0.15, 0.2) is 0 Å². The van der Waals surface area contributed by atoms with Gasteiger partial charge in [0.25, 0.3) is 0 Å². The Morgan fingerprint density at radius 1 is 1.47 bits per heavy atom. The van der Waals surface area contributed by atoms with Crippen LogP contribution in [0.3, 0.4) is 0 Å². The summed E-state index contributed by atoms with van der Waals surface area (Å²) in [6.45, 7) is 7.36. The molecule has 1 rings (SSSR count). The third-order valence-electron chi connectivity index (χ3n) is 2.91. The number of sulfonamides is 1. The first-order valence-electron chi connectivity index (χ1n) is 6.56. The third kappa shape index (κ3) is 5.88. The maximum Gasteiger partial charge on any atom is 0.240 e. The SMILES string of the molecule is CC(C)C[C@@H](NS(C)(=O)=O)C(=O)N1CCO[C@H](C)C1. The Kier molecular flexibility index (Phi) is 5.76. The van der Waals surface area contributed by atoms with Gasteiger partial charge in [-0.3, -0.25) is 4.79 Å². The van der Waals surface area contributed by atoms with Crippen LogP contribution < -0.4 is 4.72 Å². The number of amides is 1. The Labute approximate surface area is 115 Å². The fraction of sp³-hybridized carbons (Fsp3) is 0.917. The monoisotopic (exact) mass is 292 g/mol. The van der Waals surface area contributed by atoms with Gasteiger partial charge in [-0.05, 0) is 19.3 Å². The second kappa shape index (κ2) is 6.67. The molecule has 19 heavy (non-hydrogen) atoms. The van der Waals surface area contributed by atoms with Crippen molar-refractivity contribution in [3.63, 3.8) is 0 Å². The Morgan fingerprint density at radius 2 is 2.11 bits per heavy atom. The van der Waals surface area contributed by atoms with E-state index in [1.165, 1.54) is 0 Å². The summed E-state index contributed by atoms with van der Waals surface area (Å²) in [5.74, 6) is 0.0796. The number of hydrogen-bond acceptors (Lipinski definition) is 4. The zero-order valence-corrected chi connectivity index (χ0v) is 12.9. The molecular formula is C12H24N2O4S. The molecule has 0 saturated carbocycles. The summed E-state index contributed by atoms with van der Waals surface area (Å²) in [5.41, 5.74) is 0. The average Bonchev–Trinajstić information content (AvgIpc) is 2.24. The molecule has 0 aromatic rings. The van der Waals surface area contributed by atoms with Crippen LogP contribution in [0.25, 0.3) is 0 Å². The maximum absolute atomic E-state index is 12.4. The van der Waals surface area contributed by atoms with Crippen molar-refractivity contribution in [1.29, 1.82) is 0 Å². The fourth-order valence-corrected chi connectivity index (χ4v) is 2.88. The lowest BCUT2D eigenvalue weighted by atomic mass is 10.0. The second-order valence-electron chi connectivity index (χ2n) is 5.54. The van der Waals surface area contributed by atoms with Crippen LogP contribution in [0.1, 0.15) is 27.2 Å². The molecule has 7 heteroatoms. The van der Waals surface area contributed by atoms with Crippen molar-refractivity contribution < 1.29 is 17.9 Å². The molecule has 2 atom stereocenters. The summed E-state index contributed by atoms with van der Waals surface area (Å²) < 4.78 is 30.6. The van der Waals surface area contributed by atoms with Crippen LogP contribution in [0, 0.1) is 5.92 Å². The maximum atomic E-state index is 12.4. The van der Waals surface area contributed by atoms with Crippen LogP contribution in [-0.2, 0) is 19.6 Å². The highest BCUT2D eigenvalue weighted by Crippen LogP contribution is 2.12. The largest absolute Gasteiger partial charge is 0.375 e. The quantitative estimate of drug-likeness (QED) is 0.785. The fourth-order valence-electron chi connectivity index (χ4n) is 2.17. The summed E-state index contributed by atoms with van der Waals surface area (Å²) in [6, 6.07) is -0.680. The molecule has 1 aliphatic rings. The minimum atomic E-state index is -3.39. The van der Waals surface area contributed by atoms with E-state index in [-0.39, 0.29) is 17.9 Å². The molecule has 1 heterocycles. The molecule has 1 N–H and O–H groups in total. The number of ether oxygens (including phenoxy) is 1. The van der Waals surface area contributed by atoms with Crippen molar-refractivity contribution in [2.24, 2.45) is 5.92 Å². The highest BCUT2D eigenvalue weighted by molar-refractivity contribution is 7.88. The molecule has 6 nitrogen and oxygen atoms in total. The minimum Gasteiger partial charge on any atom is -0.375 e. The third-order valence-corrected chi connectivity index (χ3v) is 3.63. The van der Waals surface area contributed by atoms with Gasteiger partial charge in [-0.1, -0.05) is 13.8 Å². The van der Waals surface area contributed by atoms with Crippen molar-refractivity contribution in [2.45, 2.75) is 39.3 Å². The summed E-state index contributed by atoms with van der Waals surface area (Å²) in [6.07, 6.45) is 1.57. The van der Waals surface area contributed by atoms with E-state index in [1.807, 2.05) is 20.8 Å². The molecule has 1 saturated heterocycles. The highest BCUT2D eigenvalue weighted by Gasteiger charge is 2.30. The molecule has 112 valence electrons. The van der Waals surface area contributed by atoms with Crippen LogP contribution in [0.2, 0.25) is 0 Å². The van der Waals surface area contributed by atoms with Gasteiger partial charge in [0.05, 0.1) is 19.0 Å². The predicted molar refractivity (Wildman–Crippen MR) is 73.2 cm³/mol. The molecule has 0 spiro atoms. The van der Waals surface area contributed by atoms with E-state index in [0.717, 1.165) is 6.26 Å².